The molecule has 0 saturated carbocycles. The van der Waals surface area contributed by atoms with Crippen molar-refractivity contribution in [3.63, 3.8) is 0 Å². The molecule has 0 bridgehead atoms. The van der Waals surface area contributed by atoms with E-state index >= 15 is 0 Å². The lowest BCUT2D eigenvalue weighted by Crippen LogP contribution is -2.36. The van der Waals surface area contributed by atoms with Crippen LogP contribution in [0.1, 0.15) is 23.0 Å². The number of aryl methyl sites for hydroxylation is 1. The lowest BCUT2D eigenvalue weighted by atomic mass is 10.1. The number of hydrogen-bond acceptors (Lipinski definition) is 5. The van der Waals surface area contributed by atoms with Crippen molar-refractivity contribution in [2.45, 2.75) is 19.6 Å². The summed E-state index contributed by atoms with van der Waals surface area (Å²) in [6, 6.07) is 13.7. The van der Waals surface area contributed by atoms with Gasteiger partial charge in [0.2, 0.25) is 0 Å². The highest BCUT2D eigenvalue weighted by Gasteiger charge is 2.22. The zero-order valence-corrected chi connectivity index (χ0v) is 16.1. The van der Waals surface area contributed by atoms with Crippen LogP contribution in [-0.2, 0) is 23.1 Å². The van der Waals surface area contributed by atoms with Crippen LogP contribution in [0.5, 0.6) is 0 Å². The quantitative estimate of drug-likeness (QED) is 0.665. The van der Waals surface area contributed by atoms with Crippen molar-refractivity contribution >= 4 is 34.2 Å². The summed E-state index contributed by atoms with van der Waals surface area (Å²) in [5.41, 5.74) is 0.405. The van der Waals surface area contributed by atoms with Gasteiger partial charge in [-0.1, -0.05) is 48.0 Å². The first-order valence-corrected chi connectivity index (χ1v) is 8.94. The van der Waals surface area contributed by atoms with E-state index in [-0.39, 0.29) is 17.8 Å². The number of esters is 1. The highest BCUT2D eigenvalue weighted by molar-refractivity contribution is 6.31. The number of rotatable bonds is 5. The van der Waals surface area contributed by atoms with Gasteiger partial charge in [-0.3, -0.25) is 9.59 Å². The van der Waals surface area contributed by atoms with Gasteiger partial charge >= 0.3 is 5.97 Å². The molecule has 0 aliphatic carbocycles. The fourth-order valence-corrected chi connectivity index (χ4v) is 2.89. The van der Waals surface area contributed by atoms with E-state index in [1.807, 2.05) is 6.07 Å². The SMILES string of the molecule is C[C@@H](OC(=O)c1nn(C)c(=O)c2ccccc12)C(=O)NCc1ccccc1Cl. The molecule has 1 aromatic heterocycles. The molecule has 1 heterocycles. The average molecular weight is 400 g/mol. The first-order valence-electron chi connectivity index (χ1n) is 8.56. The minimum absolute atomic E-state index is 0.0246. The molecule has 2 aromatic carbocycles. The summed E-state index contributed by atoms with van der Waals surface area (Å²) in [6.07, 6.45) is -1.05. The van der Waals surface area contributed by atoms with Crippen LogP contribution in [0.15, 0.2) is 53.3 Å². The van der Waals surface area contributed by atoms with Crippen molar-refractivity contribution in [2.75, 3.05) is 0 Å². The number of fused-ring (bicyclic) bond motifs is 1. The molecule has 8 heteroatoms. The fraction of sp³-hybridized carbons (Fsp3) is 0.200. The third kappa shape index (κ3) is 4.04. The molecule has 144 valence electrons. The molecule has 0 radical (unpaired) electrons. The zero-order chi connectivity index (χ0) is 20.3. The Bertz CT molecular complexity index is 1110. The molecular formula is C20H18ClN3O4. The molecule has 0 unspecified atom stereocenters. The number of nitrogens with one attached hydrogen (secondary N) is 1. The molecule has 3 rings (SSSR count). The van der Waals surface area contributed by atoms with Crippen LogP contribution in [-0.4, -0.2) is 27.8 Å². The van der Waals surface area contributed by atoms with Crippen LogP contribution in [0.3, 0.4) is 0 Å². The monoisotopic (exact) mass is 399 g/mol. The van der Waals surface area contributed by atoms with Crippen LogP contribution in [0.2, 0.25) is 5.02 Å². The van der Waals surface area contributed by atoms with Crippen LogP contribution in [0.25, 0.3) is 10.8 Å². The Morgan fingerprint density at radius 3 is 2.50 bits per heavy atom. The van der Waals surface area contributed by atoms with Gasteiger partial charge in [0.25, 0.3) is 11.5 Å². The Morgan fingerprint density at radius 1 is 1.14 bits per heavy atom. The van der Waals surface area contributed by atoms with Gasteiger partial charge in [-0.2, -0.15) is 5.10 Å². The van der Waals surface area contributed by atoms with Gasteiger partial charge < -0.3 is 10.1 Å². The summed E-state index contributed by atoms with van der Waals surface area (Å²) in [5.74, 6) is -1.26. The molecule has 0 aliphatic heterocycles. The highest BCUT2D eigenvalue weighted by atomic mass is 35.5. The molecule has 7 nitrogen and oxygen atoms in total. The summed E-state index contributed by atoms with van der Waals surface area (Å²) in [4.78, 5) is 37.0. The van der Waals surface area contributed by atoms with E-state index in [1.165, 1.54) is 14.0 Å². The minimum Gasteiger partial charge on any atom is -0.448 e. The molecule has 0 spiro atoms. The first-order chi connectivity index (χ1) is 13.4. The molecule has 0 saturated heterocycles. The Kier molecular flexibility index (Phi) is 5.75. The molecular weight excluding hydrogens is 382 g/mol. The predicted octanol–water partition coefficient (Wildman–Crippen LogP) is 2.45. The molecule has 1 amide bonds. The van der Waals surface area contributed by atoms with Gasteiger partial charge in [0, 0.05) is 24.0 Å². The van der Waals surface area contributed by atoms with Crippen molar-refractivity contribution in [2.24, 2.45) is 7.05 Å². The second-order valence-electron chi connectivity index (χ2n) is 6.18. The number of hydrogen-bond donors (Lipinski definition) is 1. The topological polar surface area (TPSA) is 90.3 Å². The third-order valence-corrected chi connectivity index (χ3v) is 4.58. The van der Waals surface area contributed by atoms with Crippen molar-refractivity contribution in [1.29, 1.82) is 0 Å². The second-order valence-corrected chi connectivity index (χ2v) is 6.59. The van der Waals surface area contributed by atoms with Crippen LogP contribution < -0.4 is 10.9 Å². The van der Waals surface area contributed by atoms with E-state index in [0.29, 0.717) is 15.8 Å². The van der Waals surface area contributed by atoms with Gasteiger partial charge in [0.05, 0.1) is 5.39 Å². The van der Waals surface area contributed by atoms with Crippen LogP contribution in [0, 0.1) is 0 Å². The van der Waals surface area contributed by atoms with Gasteiger partial charge in [-0.05, 0) is 24.6 Å². The maximum atomic E-state index is 12.6. The number of carbonyl (C=O) groups is 2. The summed E-state index contributed by atoms with van der Waals surface area (Å²) < 4.78 is 6.33. The lowest BCUT2D eigenvalue weighted by molar-refractivity contribution is -0.129. The van der Waals surface area contributed by atoms with Gasteiger partial charge in [-0.15, -0.1) is 0 Å². The number of ether oxygens (including phenoxy) is 1. The number of aromatic nitrogens is 2. The Balaban J connectivity index is 1.73. The van der Waals surface area contributed by atoms with Crippen molar-refractivity contribution in [3.8, 4) is 0 Å². The maximum absolute atomic E-state index is 12.6. The summed E-state index contributed by atoms with van der Waals surface area (Å²) in [5, 5.41) is 7.94. The smallest absolute Gasteiger partial charge is 0.360 e. The Labute approximate surface area is 165 Å². The molecule has 3 aromatic rings. The van der Waals surface area contributed by atoms with E-state index in [0.717, 1.165) is 10.2 Å². The summed E-state index contributed by atoms with van der Waals surface area (Å²) in [7, 11) is 1.45. The lowest BCUT2D eigenvalue weighted by Gasteiger charge is -2.14. The van der Waals surface area contributed by atoms with Gasteiger partial charge in [0.1, 0.15) is 0 Å². The van der Waals surface area contributed by atoms with Crippen LogP contribution >= 0.6 is 11.6 Å². The van der Waals surface area contributed by atoms with E-state index in [4.69, 9.17) is 16.3 Å². The van der Waals surface area contributed by atoms with E-state index in [1.54, 1.807) is 42.5 Å². The number of amides is 1. The standard InChI is InChI=1S/C20H18ClN3O4/c1-12(18(25)22-11-13-7-3-6-10-16(13)21)28-20(27)17-14-8-4-5-9-15(14)19(26)24(2)23-17/h3-10,12H,11H2,1-2H3,(H,22,25)/t12-/m1/s1. The first kappa shape index (κ1) is 19.6. The second kappa shape index (κ2) is 8.22. The minimum atomic E-state index is -1.05. The maximum Gasteiger partial charge on any atom is 0.360 e. The molecule has 28 heavy (non-hydrogen) atoms. The van der Waals surface area contributed by atoms with E-state index in [2.05, 4.69) is 10.4 Å². The normalized spacial score (nSPS) is 11.8. The zero-order valence-electron chi connectivity index (χ0n) is 15.3. The summed E-state index contributed by atoms with van der Waals surface area (Å²) in [6.45, 7) is 1.67. The van der Waals surface area contributed by atoms with E-state index in [9.17, 15) is 14.4 Å². The average Bonchev–Trinajstić information content (AvgIpc) is 2.69. The van der Waals surface area contributed by atoms with Crippen LogP contribution in [0.4, 0.5) is 0 Å². The Hall–Kier alpha value is -3.19. The Morgan fingerprint density at radius 2 is 1.79 bits per heavy atom. The molecule has 1 atom stereocenters. The number of carbonyl (C=O) groups excluding carboxylic acids is 2. The molecule has 0 aliphatic rings. The van der Waals surface area contributed by atoms with Crippen molar-refractivity contribution < 1.29 is 14.3 Å². The largest absolute Gasteiger partial charge is 0.448 e. The molecule has 0 fully saturated rings. The number of nitrogens with zero attached hydrogens (tertiary/aromatic N) is 2. The van der Waals surface area contributed by atoms with Crippen molar-refractivity contribution in [3.05, 3.63) is 75.2 Å². The summed E-state index contributed by atoms with van der Waals surface area (Å²) >= 11 is 6.06. The third-order valence-electron chi connectivity index (χ3n) is 4.21. The van der Waals surface area contributed by atoms with Crippen molar-refractivity contribution in [1.82, 2.24) is 15.1 Å². The van der Waals surface area contributed by atoms with Gasteiger partial charge in [0.15, 0.2) is 11.8 Å². The fourth-order valence-electron chi connectivity index (χ4n) is 2.69. The number of benzene rings is 2. The highest BCUT2D eigenvalue weighted by Crippen LogP contribution is 2.16. The predicted molar refractivity (Wildman–Crippen MR) is 105 cm³/mol. The number of halogens is 1. The molecule has 1 N–H and O–H groups in total. The van der Waals surface area contributed by atoms with E-state index < -0.39 is 18.0 Å². The van der Waals surface area contributed by atoms with Gasteiger partial charge in [-0.25, -0.2) is 9.48 Å².